The average Bonchev–Trinajstić information content (AvgIpc) is 1.63. The van der Waals surface area contributed by atoms with Crippen LogP contribution in [0.5, 0.6) is 11.5 Å². The molecule has 32 heteroatoms. The van der Waals surface area contributed by atoms with Crippen LogP contribution in [0.25, 0.3) is 28.1 Å². The third kappa shape index (κ3) is 19.0. The number of anilines is 1. The number of nitrogens with one attached hydrogen (secondary N) is 3. The molecule has 9 N–H and O–H groups in total. The Balaban J connectivity index is 0.787. The lowest BCUT2D eigenvalue weighted by atomic mass is 9.94. The molecule has 30 nitrogen and oxygen atoms in total. The topological polar surface area (TPSA) is 379 Å². The van der Waals surface area contributed by atoms with E-state index in [1.165, 1.54) is 13.3 Å². The Labute approximate surface area is 533 Å². The van der Waals surface area contributed by atoms with Gasteiger partial charge in [-0.3, -0.25) is 58.1 Å². The van der Waals surface area contributed by atoms with E-state index in [9.17, 15) is 64.2 Å². The molecular formula is C59H77Cl2N11O19. The Morgan fingerprint density at radius 3 is 1.89 bits per heavy atom. The number of amides is 4. The number of ether oxygens (including phenoxy) is 6. The molecule has 91 heavy (non-hydrogen) atoms. The molecule has 3 fully saturated rings. The summed E-state index contributed by atoms with van der Waals surface area (Å²) in [6.07, 6.45) is -5.30. The summed E-state index contributed by atoms with van der Waals surface area (Å²) in [6, 6.07) is 10.3. The van der Waals surface area contributed by atoms with Crippen LogP contribution in [0, 0.1) is 0 Å². The van der Waals surface area contributed by atoms with Gasteiger partial charge < -0.3 is 79.9 Å². The number of hydrogen-bond donors (Lipinski definition) is 9. The van der Waals surface area contributed by atoms with Crippen molar-refractivity contribution in [1.82, 2.24) is 49.9 Å². The number of rotatable bonds is 25. The first-order chi connectivity index (χ1) is 43.5. The van der Waals surface area contributed by atoms with Crippen molar-refractivity contribution < 1.29 is 92.6 Å². The number of morpholine rings is 1. The second-order valence-corrected chi connectivity index (χ2v) is 23.7. The molecule has 6 heterocycles. The molecule has 0 aliphatic carbocycles. The standard InChI is InChI=1S/C59H77Cl2N11O19/c1-59(2)34-89-17-14-71(59)58(85)51-42-33-90-44-25-43(86-3)40(24-41(44)52(42)72(66-51)39-22-36(60)21-37(61)23-39)35-20-38(27-62-26-35)65-46(73)4-15-87-18-19-88-16-5-63-57(84)56-55(83)54(82)53(81)45(91-56)28-64-47(74)29-67-6-8-68(30-48(75)76)10-12-70(32-50(79)80)13-11-69(9-7-67)31-49(77)78/h20-27,45,53-56,81-83H,4-19,28-34H2,1-3H3,(H,63,84)(H,64,74)(H,65,73)(H,75,76)(H,77,78)(H,79,80)/t45-,53-,54+,55+,56-/m0/s1. The predicted octanol–water partition coefficient (Wildman–Crippen LogP) is -0.0202. The summed E-state index contributed by atoms with van der Waals surface area (Å²) in [6.45, 7) is 4.89. The monoisotopic (exact) mass is 1310 g/mol. The third-order valence-electron chi connectivity index (χ3n) is 15.7. The normalized spacial score (nSPS) is 21.0. The fourth-order valence-electron chi connectivity index (χ4n) is 11.0. The zero-order valence-electron chi connectivity index (χ0n) is 50.6. The van der Waals surface area contributed by atoms with Gasteiger partial charge in [-0.1, -0.05) is 23.2 Å². The summed E-state index contributed by atoms with van der Waals surface area (Å²) >= 11 is 13.0. The minimum atomic E-state index is -1.84. The first-order valence-electron chi connectivity index (χ1n) is 29.5. The highest BCUT2D eigenvalue weighted by molar-refractivity contribution is 6.34. The van der Waals surface area contributed by atoms with Crippen molar-refractivity contribution in [3.05, 3.63) is 70.1 Å². The zero-order valence-corrected chi connectivity index (χ0v) is 52.1. The van der Waals surface area contributed by atoms with Gasteiger partial charge in [0.1, 0.15) is 42.5 Å². The van der Waals surface area contributed by atoms with Crippen molar-refractivity contribution in [2.45, 2.75) is 62.9 Å². The van der Waals surface area contributed by atoms with Crippen molar-refractivity contribution in [2.24, 2.45) is 0 Å². The van der Waals surface area contributed by atoms with Gasteiger partial charge >= 0.3 is 17.9 Å². The molecule has 5 atom stereocenters. The van der Waals surface area contributed by atoms with Crippen LogP contribution in [0.1, 0.15) is 36.3 Å². The molecular weight excluding hydrogens is 1240 g/mol. The first kappa shape index (κ1) is 69.7. The van der Waals surface area contributed by atoms with Crippen LogP contribution in [-0.4, -0.2) is 292 Å². The van der Waals surface area contributed by atoms with Gasteiger partial charge in [0, 0.05) is 117 Å². The maximum atomic E-state index is 14.4. The lowest BCUT2D eigenvalue weighted by Crippen LogP contribution is -2.63. The van der Waals surface area contributed by atoms with Gasteiger partial charge in [0.2, 0.25) is 11.8 Å². The van der Waals surface area contributed by atoms with Crippen molar-refractivity contribution in [3.8, 4) is 39.6 Å². The van der Waals surface area contributed by atoms with Crippen LogP contribution in [0.15, 0.2) is 48.8 Å². The number of carbonyl (C=O) groups excluding carboxylic acids is 4. The Hall–Kier alpha value is -7.17. The summed E-state index contributed by atoms with van der Waals surface area (Å²) in [5, 5.41) is 74.3. The highest BCUT2D eigenvalue weighted by Crippen LogP contribution is 2.47. The van der Waals surface area contributed by atoms with Gasteiger partial charge in [-0.05, 0) is 44.2 Å². The number of methoxy groups -OCH3 is 1. The molecule has 2 aromatic carbocycles. The number of aliphatic carboxylic acids is 3. The van der Waals surface area contributed by atoms with Crippen LogP contribution in [0.2, 0.25) is 10.0 Å². The van der Waals surface area contributed by atoms with E-state index >= 15 is 0 Å². The third-order valence-corrected chi connectivity index (χ3v) is 16.1. The molecule has 0 unspecified atom stereocenters. The molecule has 2 aromatic heterocycles. The van der Waals surface area contributed by atoms with E-state index in [1.54, 1.807) is 65.7 Å². The number of nitrogens with zero attached hydrogens (tertiary/aromatic N) is 8. The second-order valence-electron chi connectivity index (χ2n) is 22.8. The molecule has 0 saturated carbocycles. The summed E-state index contributed by atoms with van der Waals surface area (Å²) in [4.78, 5) is 102. The van der Waals surface area contributed by atoms with Gasteiger partial charge in [0.05, 0.1) is 108 Å². The number of aromatic nitrogens is 3. The number of carbonyl (C=O) groups is 7. The van der Waals surface area contributed by atoms with E-state index < -0.39 is 72.3 Å². The van der Waals surface area contributed by atoms with Crippen LogP contribution in [0.4, 0.5) is 5.69 Å². The van der Waals surface area contributed by atoms with Crippen molar-refractivity contribution in [2.75, 3.05) is 150 Å². The van der Waals surface area contributed by atoms with Gasteiger partial charge in [-0.15, -0.1) is 0 Å². The van der Waals surface area contributed by atoms with Gasteiger partial charge in [-0.2, -0.15) is 5.10 Å². The fraction of sp³-hybridized carbons (Fsp3) is 0.542. The van der Waals surface area contributed by atoms with E-state index in [-0.39, 0.29) is 142 Å². The molecule has 496 valence electrons. The van der Waals surface area contributed by atoms with Gasteiger partial charge in [-0.25, -0.2) is 4.68 Å². The summed E-state index contributed by atoms with van der Waals surface area (Å²) < 4.78 is 36.4. The molecule has 4 aliphatic rings. The Bertz CT molecular complexity index is 3200. The second kappa shape index (κ2) is 32.4. The van der Waals surface area contributed by atoms with Crippen LogP contribution in [0.3, 0.4) is 0 Å². The van der Waals surface area contributed by atoms with Crippen molar-refractivity contribution in [3.63, 3.8) is 0 Å². The molecule has 4 amide bonds. The number of fused-ring (bicyclic) bond motifs is 3. The van der Waals surface area contributed by atoms with E-state index in [0.717, 1.165) is 0 Å². The Morgan fingerprint density at radius 1 is 0.692 bits per heavy atom. The number of halogens is 2. The summed E-state index contributed by atoms with van der Waals surface area (Å²) in [7, 11) is 1.52. The number of aliphatic hydroxyl groups is 3. The highest BCUT2D eigenvalue weighted by atomic mass is 35.5. The molecule has 8 rings (SSSR count). The van der Waals surface area contributed by atoms with Gasteiger partial charge in [0.15, 0.2) is 11.8 Å². The minimum Gasteiger partial charge on any atom is -0.496 e. The maximum Gasteiger partial charge on any atom is 0.317 e. The number of benzene rings is 2. The maximum absolute atomic E-state index is 14.4. The lowest BCUT2D eigenvalue weighted by molar-refractivity contribution is -0.219. The SMILES string of the molecule is COc1cc2c(cc1-c1cncc(NC(=O)CCOCCOCCNC(=O)[C@H]3O[C@@H](CNC(=O)CN4CCN(CC(=O)O)CCN(CC(=O)O)CCN(CC(=O)O)CC4)[C@H](O)[C@@H](O)[C@H]3O)c1)-c1c(c(C(=O)N3CCOCC3(C)C)nn1-c1cc(Cl)cc(Cl)c1)CO2. The molecule has 0 spiro atoms. The van der Waals surface area contributed by atoms with Crippen LogP contribution < -0.4 is 25.4 Å². The zero-order chi connectivity index (χ0) is 65.5. The van der Waals surface area contributed by atoms with Crippen molar-refractivity contribution in [1.29, 1.82) is 0 Å². The molecule has 4 aromatic rings. The summed E-state index contributed by atoms with van der Waals surface area (Å²) in [5.41, 5.74) is 3.41. The Kier molecular flexibility index (Phi) is 24.8. The number of carboxylic acids is 3. The minimum absolute atomic E-state index is 0.00800. The summed E-state index contributed by atoms with van der Waals surface area (Å²) in [5.74, 6) is -4.45. The first-order valence-corrected chi connectivity index (χ1v) is 30.3. The molecule has 4 aliphatic heterocycles. The predicted molar refractivity (Wildman–Crippen MR) is 325 cm³/mol. The molecule has 0 bridgehead atoms. The fourth-order valence-corrected chi connectivity index (χ4v) is 11.5. The van der Waals surface area contributed by atoms with Crippen molar-refractivity contribution >= 4 is 70.4 Å². The van der Waals surface area contributed by atoms with E-state index in [4.69, 9.17) is 56.7 Å². The van der Waals surface area contributed by atoms with Gasteiger partial charge in [0.25, 0.3) is 11.8 Å². The highest BCUT2D eigenvalue weighted by Gasteiger charge is 2.47. The smallest absolute Gasteiger partial charge is 0.317 e. The molecule has 0 radical (unpaired) electrons. The van der Waals surface area contributed by atoms with E-state index in [0.29, 0.717) is 80.6 Å². The number of aliphatic hydroxyl groups excluding tert-OH is 3. The number of pyridine rings is 1. The van der Waals surface area contributed by atoms with Crippen LogP contribution >= 0.6 is 23.2 Å². The average molecular weight is 1320 g/mol. The quantitative estimate of drug-likeness (QED) is 0.0394. The largest absolute Gasteiger partial charge is 0.496 e. The Morgan fingerprint density at radius 2 is 1.30 bits per heavy atom. The number of carboxylic acid groups (broad SMARTS) is 3. The lowest BCUT2D eigenvalue weighted by Gasteiger charge is -2.41. The van der Waals surface area contributed by atoms with E-state index in [2.05, 4.69) is 20.9 Å². The molecule has 3 saturated heterocycles. The van der Waals surface area contributed by atoms with E-state index in [1.807, 2.05) is 19.9 Å². The van der Waals surface area contributed by atoms with Crippen LogP contribution in [-0.2, 0) is 54.3 Å². The number of hydrogen-bond acceptors (Lipinski definition) is 22.